The largest absolute Gasteiger partial charge is 0.455 e. The highest BCUT2D eigenvalue weighted by Gasteiger charge is 2.35. The standard InChI is InChI=1S/C10H18O2Si/c1-7(2)8-6-9(10(11)12-8)13(3,4)5/h6-8H,1-5H3. The summed E-state index contributed by atoms with van der Waals surface area (Å²) < 4.78 is 5.27. The first kappa shape index (κ1) is 10.5. The van der Waals surface area contributed by atoms with Gasteiger partial charge in [0.05, 0.1) is 8.07 Å². The Morgan fingerprint density at radius 2 is 1.92 bits per heavy atom. The van der Waals surface area contributed by atoms with E-state index >= 15 is 0 Å². The zero-order valence-electron chi connectivity index (χ0n) is 9.05. The SMILES string of the molecule is CC(C)C1C=C([Si](C)(C)C)C(=O)O1. The molecule has 1 aliphatic heterocycles. The Morgan fingerprint density at radius 1 is 1.38 bits per heavy atom. The van der Waals surface area contributed by atoms with Gasteiger partial charge in [0, 0.05) is 5.20 Å². The van der Waals surface area contributed by atoms with Gasteiger partial charge < -0.3 is 4.74 Å². The van der Waals surface area contributed by atoms with Crippen molar-refractivity contribution in [3.8, 4) is 0 Å². The minimum Gasteiger partial charge on any atom is -0.455 e. The first-order chi connectivity index (χ1) is 5.82. The van der Waals surface area contributed by atoms with Gasteiger partial charge in [-0.2, -0.15) is 0 Å². The van der Waals surface area contributed by atoms with E-state index in [-0.39, 0.29) is 12.1 Å². The molecule has 0 aromatic carbocycles. The smallest absolute Gasteiger partial charge is 0.330 e. The van der Waals surface area contributed by atoms with Gasteiger partial charge in [-0.15, -0.1) is 0 Å². The molecule has 13 heavy (non-hydrogen) atoms. The molecule has 0 aromatic heterocycles. The molecule has 1 rings (SSSR count). The van der Waals surface area contributed by atoms with Crippen LogP contribution in [0.15, 0.2) is 11.3 Å². The van der Waals surface area contributed by atoms with E-state index in [2.05, 4.69) is 33.5 Å². The lowest BCUT2D eigenvalue weighted by molar-refractivity contribution is -0.140. The van der Waals surface area contributed by atoms with E-state index in [1.807, 2.05) is 6.08 Å². The number of carbonyl (C=O) groups is 1. The Labute approximate surface area is 81.0 Å². The molecule has 0 radical (unpaired) electrons. The molecule has 0 saturated heterocycles. The Hall–Kier alpha value is -0.573. The van der Waals surface area contributed by atoms with Crippen molar-refractivity contribution in [2.75, 3.05) is 0 Å². The Kier molecular flexibility index (Phi) is 2.66. The van der Waals surface area contributed by atoms with Crippen LogP contribution >= 0.6 is 0 Å². The van der Waals surface area contributed by atoms with Gasteiger partial charge in [0.1, 0.15) is 6.10 Å². The van der Waals surface area contributed by atoms with E-state index in [0.717, 1.165) is 5.20 Å². The summed E-state index contributed by atoms with van der Waals surface area (Å²) in [6.45, 7) is 10.7. The molecule has 1 unspecified atom stereocenters. The maximum Gasteiger partial charge on any atom is 0.330 e. The molecule has 0 aliphatic carbocycles. The topological polar surface area (TPSA) is 26.3 Å². The summed E-state index contributed by atoms with van der Waals surface area (Å²) in [4.78, 5) is 11.5. The molecule has 0 amide bonds. The average molecular weight is 198 g/mol. The molecule has 0 bridgehead atoms. The minimum atomic E-state index is -1.49. The maximum atomic E-state index is 11.5. The molecule has 3 heteroatoms. The van der Waals surface area contributed by atoms with Crippen molar-refractivity contribution in [2.24, 2.45) is 5.92 Å². The number of hydrogen-bond acceptors (Lipinski definition) is 2. The van der Waals surface area contributed by atoms with Crippen LogP contribution in [0.2, 0.25) is 19.6 Å². The lowest BCUT2D eigenvalue weighted by atomic mass is 10.1. The van der Waals surface area contributed by atoms with E-state index in [1.54, 1.807) is 0 Å². The predicted molar refractivity (Wildman–Crippen MR) is 56.1 cm³/mol. The summed E-state index contributed by atoms with van der Waals surface area (Å²) in [6.07, 6.45) is 2.04. The van der Waals surface area contributed by atoms with E-state index < -0.39 is 8.07 Å². The highest BCUT2D eigenvalue weighted by Crippen LogP contribution is 2.26. The highest BCUT2D eigenvalue weighted by molar-refractivity contribution is 6.87. The molecule has 0 spiro atoms. The van der Waals surface area contributed by atoms with Crippen molar-refractivity contribution in [2.45, 2.75) is 39.6 Å². The third kappa shape index (κ3) is 2.21. The summed E-state index contributed by atoms with van der Waals surface area (Å²) in [5.41, 5.74) is 0. The van der Waals surface area contributed by atoms with Crippen molar-refractivity contribution < 1.29 is 9.53 Å². The first-order valence-electron chi connectivity index (χ1n) is 4.75. The fourth-order valence-electron chi connectivity index (χ4n) is 1.34. The molecule has 1 atom stereocenters. The second kappa shape index (κ2) is 3.29. The Bertz CT molecular complexity index is 248. The summed E-state index contributed by atoms with van der Waals surface area (Å²) in [5.74, 6) is 0.302. The van der Waals surface area contributed by atoms with Gasteiger partial charge in [-0.25, -0.2) is 4.79 Å². The molecule has 0 saturated carbocycles. The summed E-state index contributed by atoms with van der Waals surface area (Å²) in [7, 11) is -1.49. The van der Waals surface area contributed by atoms with Crippen molar-refractivity contribution in [3.63, 3.8) is 0 Å². The van der Waals surface area contributed by atoms with Gasteiger partial charge in [-0.1, -0.05) is 33.5 Å². The van der Waals surface area contributed by atoms with Gasteiger partial charge in [-0.05, 0) is 12.0 Å². The third-order valence-corrected chi connectivity index (χ3v) is 4.25. The maximum absolute atomic E-state index is 11.5. The number of rotatable bonds is 2. The number of ether oxygens (including phenoxy) is 1. The number of carbonyl (C=O) groups excluding carboxylic acids is 1. The molecular weight excluding hydrogens is 180 g/mol. The summed E-state index contributed by atoms with van der Waals surface area (Å²) in [6, 6.07) is 0. The highest BCUT2D eigenvalue weighted by atomic mass is 28.3. The number of cyclic esters (lactones) is 1. The fraction of sp³-hybridized carbons (Fsp3) is 0.700. The number of hydrogen-bond donors (Lipinski definition) is 0. The van der Waals surface area contributed by atoms with Crippen LogP contribution in [-0.2, 0) is 9.53 Å². The summed E-state index contributed by atoms with van der Waals surface area (Å²) >= 11 is 0. The molecule has 0 fully saturated rings. The lowest BCUT2D eigenvalue weighted by Crippen LogP contribution is -2.27. The molecule has 1 aliphatic rings. The Morgan fingerprint density at radius 3 is 2.15 bits per heavy atom. The van der Waals surface area contributed by atoms with Crippen molar-refractivity contribution in [1.29, 1.82) is 0 Å². The second-order valence-corrected chi connectivity index (χ2v) is 9.98. The molecule has 74 valence electrons. The molecule has 0 aromatic rings. The van der Waals surface area contributed by atoms with Crippen LogP contribution in [0.25, 0.3) is 0 Å². The van der Waals surface area contributed by atoms with Crippen molar-refractivity contribution >= 4 is 14.0 Å². The van der Waals surface area contributed by atoms with E-state index in [4.69, 9.17) is 4.74 Å². The van der Waals surface area contributed by atoms with Crippen LogP contribution in [0.5, 0.6) is 0 Å². The monoisotopic (exact) mass is 198 g/mol. The fourth-order valence-corrected chi connectivity index (χ4v) is 2.67. The van der Waals surface area contributed by atoms with Crippen LogP contribution in [-0.4, -0.2) is 20.1 Å². The molecule has 0 N–H and O–H groups in total. The van der Waals surface area contributed by atoms with Crippen LogP contribution in [0.3, 0.4) is 0 Å². The van der Waals surface area contributed by atoms with Gasteiger partial charge in [0.25, 0.3) is 0 Å². The van der Waals surface area contributed by atoms with E-state index in [1.165, 1.54) is 0 Å². The van der Waals surface area contributed by atoms with Crippen LogP contribution in [0, 0.1) is 5.92 Å². The predicted octanol–water partition coefficient (Wildman–Crippen LogP) is 2.37. The van der Waals surface area contributed by atoms with E-state index in [0.29, 0.717) is 5.92 Å². The lowest BCUT2D eigenvalue weighted by Gasteiger charge is -2.14. The van der Waals surface area contributed by atoms with E-state index in [9.17, 15) is 4.79 Å². The first-order valence-corrected chi connectivity index (χ1v) is 8.25. The molecule has 1 heterocycles. The molecular formula is C10H18O2Si. The van der Waals surface area contributed by atoms with Crippen LogP contribution in [0.1, 0.15) is 13.8 Å². The summed E-state index contributed by atoms with van der Waals surface area (Å²) in [5, 5.41) is 0.950. The Balaban J connectivity index is 2.87. The van der Waals surface area contributed by atoms with Gasteiger partial charge >= 0.3 is 5.97 Å². The second-order valence-electron chi connectivity index (χ2n) is 4.94. The van der Waals surface area contributed by atoms with Gasteiger partial charge in [-0.3, -0.25) is 0 Å². The quantitative estimate of drug-likeness (QED) is 0.503. The van der Waals surface area contributed by atoms with Crippen LogP contribution < -0.4 is 0 Å². The normalized spacial score (nSPS) is 23.4. The van der Waals surface area contributed by atoms with Gasteiger partial charge in [0.15, 0.2) is 0 Å². The molecule has 2 nitrogen and oxygen atoms in total. The van der Waals surface area contributed by atoms with Gasteiger partial charge in [0.2, 0.25) is 0 Å². The average Bonchev–Trinajstić information content (AvgIpc) is 2.29. The van der Waals surface area contributed by atoms with Crippen molar-refractivity contribution in [1.82, 2.24) is 0 Å². The third-order valence-electron chi connectivity index (χ3n) is 2.26. The van der Waals surface area contributed by atoms with Crippen LogP contribution in [0.4, 0.5) is 0 Å². The zero-order chi connectivity index (χ0) is 10.2. The number of esters is 1. The minimum absolute atomic E-state index is 0.00854. The zero-order valence-corrected chi connectivity index (χ0v) is 10.0. The van der Waals surface area contributed by atoms with Crippen molar-refractivity contribution in [3.05, 3.63) is 11.3 Å².